The van der Waals surface area contributed by atoms with Crippen LogP contribution in [0.1, 0.15) is 11.8 Å². The van der Waals surface area contributed by atoms with Crippen LogP contribution in [0.3, 0.4) is 0 Å². The molecule has 1 saturated heterocycles. The fourth-order valence-electron chi connectivity index (χ4n) is 3.04. The Kier molecular flexibility index (Phi) is 6.38. The van der Waals surface area contributed by atoms with E-state index in [2.05, 4.69) is 9.62 Å². The van der Waals surface area contributed by atoms with Crippen molar-refractivity contribution < 1.29 is 27.0 Å². The van der Waals surface area contributed by atoms with Gasteiger partial charge >= 0.3 is 0 Å². The van der Waals surface area contributed by atoms with Gasteiger partial charge in [-0.3, -0.25) is 4.90 Å². The Labute approximate surface area is 159 Å². The molecule has 1 fully saturated rings. The van der Waals surface area contributed by atoms with Gasteiger partial charge < -0.3 is 18.6 Å². The second-order valence-electron chi connectivity index (χ2n) is 6.05. The van der Waals surface area contributed by atoms with E-state index < -0.39 is 10.0 Å². The lowest BCUT2D eigenvalue weighted by molar-refractivity contribution is 0.0128. The maximum absolute atomic E-state index is 12.9. The van der Waals surface area contributed by atoms with Crippen LogP contribution in [0.25, 0.3) is 0 Å². The van der Waals surface area contributed by atoms with E-state index in [1.165, 1.54) is 20.3 Å². The Balaban J connectivity index is 1.80. The van der Waals surface area contributed by atoms with E-state index in [9.17, 15) is 8.42 Å². The van der Waals surface area contributed by atoms with E-state index >= 15 is 0 Å². The summed E-state index contributed by atoms with van der Waals surface area (Å²) in [6.07, 6.45) is 1.59. The van der Waals surface area contributed by atoms with Crippen LogP contribution in [0.2, 0.25) is 0 Å². The van der Waals surface area contributed by atoms with Crippen molar-refractivity contribution in [3.05, 3.63) is 42.4 Å². The van der Waals surface area contributed by atoms with Gasteiger partial charge in [-0.2, -0.15) is 0 Å². The Morgan fingerprint density at radius 2 is 1.96 bits per heavy atom. The van der Waals surface area contributed by atoms with Crippen molar-refractivity contribution in [3.8, 4) is 11.5 Å². The van der Waals surface area contributed by atoms with Crippen LogP contribution in [0.15, 0.2) is 45.9 Å². The molecule has 1 aromatic carbocycles. The standard InChI is InChI=1S/C18H24N2O6S/c1-23-14-5-6-18(17(12-14)24-2)27(21,22)19-13-15(16-4-3-9-26-16)20-7-10-25-11-8-20/h3-6,9,12,15,19H,7-8,10-11,13H2,1-2H3. The van der Waals surface area contributed by atoms with Gasteiger partial charge in [0.15, 0.2) is 0 Å². The number of nitrogens with zero attached hydrogens (tertiary/aromatic N) is 1. The highest BCUT2D eigenvalue weighted by Gasteiger charge is 2.28. The first-order valence-corrected chi connectivity index (χ1v) is 10.1. The molecule has 9 heteroatoms. The second kappa shape index (κ2) is 8.75. The van der Waals surface area contributed by atoms with Gasteiger partial charge in [-0.05, 0) is 24.3 Å². The molecule has 8 nitrogen and oxygen atoms in total. The lowest BCUT2D eigenvalue weighted by Gasteiger charge is -2.33. The van der Waals surface area contributed by atoms with E-state index in [1.807, 2.05) is 6.07 Å². The van der Waals surface area contributed by atoms with Crippen LogP contribution < -0.4 is 14.2 Å². The molecule has 2 aromatic rings. The van der Waals surface area contributed by atoms with Crippen molar-refractivity contribution in [2.75, 3.05) is 47.1 Å². The van der Waals surface area contributed by atoms with Crippen molar-refractivity contribution >= 4 is 10.0 Å². The number of nitrogens with one attached hydrogen (secondary N) is 1. The number of methoxy groups -OCH3 is 2. The van der Waals surface area contributed by atoms with Gasteiger partial charge in [-0.1, -0.05) is 0 Å². The number of morpholine rings is 1. The summed E-state index contributed by atoms with van der Waals surface area (Å²) in [4.78, 5) is 2.21. The number of hydrogen-bond acceptors (Lipinski definition) is 7. The largest absolute Gasteiger partial charge is 0.497 e. The van der Waals surface area contributed by atoms with E-state index in [-0.39, 0.29) is 23.2 Å². The highest BCUT2D eigenvalue weighted by atomic mass is 32.2. The summed E-state index contributed by atoms with van der Waals surface area (Å²) in [6.45, 7) is 2.80. The van der Waals surface area contributed by atoms with Gasteiger partial charge in [0, 0.05) is 25.7 Å². The zero-order valence-electron chi connectivity index (χ0n) is 15.4. The molecule has 0 bridgehead atoms. The predicted molar refractivity (Wildman–Crippen MR) is 98.6 cm³/mol. The van der Waals surface area contributed by atoms with Crippen LogP contribution in [0, 0.1) is 0 Å². The van der Waals surface area contributed by atoms with Crippen LogP contribution in [-0.4, -0.2) is 60.4 Å². The van der Waals surface area contributed by atoms with Crippen molar-refractivity contribution in [2.24, 2.45) is 0 Å². The van der Waals surface area contributed by atoms with E-state index in [1.54, 1.807) is 24.5 Å². The lowest BCUT2D eigenvalue weighted by Crippen LogP contribution is -2.43. The summed E-state index contributed by atoms with van der Waals surface area (Å²) in [5.74, 6) is 1.46. The van der Waals surface area contributed by atoms with Crippen molar-refractivity contribution in [3.63, 3.8) is 0 Å². The minimum absolute atomic E-state index is 0.0611. The molecule has 1 atom stereocenters. The summed E-state index contributed by atoms with van der Waals surface area (Å²) in [5, 5.41) is 0. The molecule has 1 aliphatic rings. The Bertz CT molecular complexity index is 832. The van der Waals surface area contributed by atoms with Gasteiger partial charge in [0.05, 0.1) is 39.7 Å². The summed E-state index contributed by atoms with van der Waals surface area (Å²) in [6, 6.07) is 8.02. The molecular weight excluding hydrogens is 372 g/mol. The summed E-state index contributed by atoms with van der Waals surface area (Å²) >= 11 is 0. The van der Waals surface area contributed by atoms with Gasteiger partial charge in [0.2, 0.25) is 10.0 Å². The number of sulfonamides is 1. The molecule has 0 spiro atoms. The third kappa shape index (κ3) is 4.62. The van der Waals surface area contributed by atoms with Crippen molar-refractivity contribution in [1.29, 1.82) is 0 Å². The maximum Gasteiger partial charge on any atom is 0.244 e. The zero-order valence-corrected chi connectivity index (χ0v) is 16.2. The Morgan fingerprint density at radius 1 is 1.19 bits per heavy atom. The van der Waals surface area contributed by atoms with Crippen LogP contribution in [-0.2, 0) is 14.8 Å². The molecule has 0 aliphatic carbocycles. The molecule has 3 rings (SSSR count). The van der Waals surface area contributed by atoms with Crippen molar-refractivity contribution in [2.45, 2.75) is 10.9 Å². The number of rotatable bonds is 8. The smallest absolute Gasteiger partial charge is 0.244 e. The molecule has 27 heavy (non-hydrogen) atoms. The van der Waals surface area contributed by atoms with Crippen LogP contribution in [0.4, 0.5) is 0 Å². The SMILES string of the molecule is COc1ccc(S(=O)(=O)NCC(c2ccco2)N2CCOCC2)c(OC)c1. The summed E-state index contributed by atoms with van der Waals surface area (Å²) in [5.41, 5.74) is 0. The zero-order chi connectivity index (χ0) is 19.3. The summed E-state index contributed by atoms with van der Waals surface area (Å²) in [7, 11) is -0.848. The Morgan fingerprint density at radius 3 is 2.59 bits per heavy atom. The van der Waals surface area contributed by atoms with Gasteiger partial charge in [0.25, 0.3) is 0 Å². The lowest BCUT2D eigenvalue weighted by atomic mass is 10.2. The van der Waals surface area contributed by atoms with Gasteiger partial charge in [-0.15, -0.1) is 0 Å². The average molecular weight is 396 g/mol. The predicted octanol–water partition coefficient (Wildman–Crippen LogP) is 1.65. The second-order valence-corrected chi connectivity index (χ2v) is 7.78. The fraction of sp³-hybridized carbons (Fsp3) is 0.444. The molecule has 1 aliphatic heterocycles. The third-order valence-electron chi connectivity index (χ3n) is 4.49. The molecule has 1 N–H and O–H groups in total. The molecular formula is C18H24N2O6S. The molecule has 0 saturated carbocycles. The highest BCUT2D eigenvalue weighted by molar-refractivity contribution is 7.89. The van der Waals surface area contributed by atoms with Crippen LogP contribution in [0.5, 0.6) is 11.5 Å². The highest BCUT2D eigenvalue weighted by Crippen LogP contribution is 2.29. The van der Waals surface area contributed by atoms with E-state index in [4.69, 9.17) is 18.6 Å². The van der Waals surface area contributed by atoms with Gasteiger partial charge in [-0.25, -0.2) is 13.1 Å². The first-order chi connectivity index (χ1) is 13.0. The Hall–Kier alpha value is -2.07. The fourth-order valence-corrected chi connectivity index (χ4v) is 4.23. The van der Waals surface area contributed by atoms with E-state index in [0.717, 1.165) is 0 Å². The number of benzene rings is 1. The monoisotopic (exact) mass is 396 g/mol. The normalized spacial score (nSPS) is 16.8. The maximum atomic E-state index is 12.9. The quantitative estimate of drug-likeness (QED) is 0.725. The number of ether oxygens (including phenoxy) is 3. The minimum atomic E-state index is -3.78. The van der Waals surface area contributed by atoms with E-state index in [0.29, 0.717) is 37.8 Å². The molecule has 1 aromatic heterocycles. The van der Waals surface area contributed by atoms with Crippen molar-refractivity contribution in [1.82, 2.24) is 9.62 Å². The first kappa shape index (κ1) is 19.7. The topological polar surface area (TPSA) is 90.2 Å². The molecule has 0 radical (unpaired) electrons. The number of furan rings is 1. The molecule has 148 valence electrons. The molecule has 0 amide bonds. The molecule has 1 unspecified atom stereocenters. The van der Waals surface area contributed by atoms with Gasteiger partial charge in [0.1, 0.15) is 22.2 Å². The minimum Gasteiger partial charge on any atom is -0.497 e. The molecule has 2 heterocycles. The first-order valence-electron chi connectivity index (χ1n) is 8.62. The average Bonchev–Trinajstić information content (AvgIpc) is 3.22. The summed E-state index contributed by atoms with van der Waals surface area (Å²) < 4.78 is 49.7. The number of hydrogen-bond donors (Lipinski definition) is 1. The third-order valence-corrected chi connectivity index (χ3v) is 5.95. The van der Waals surface area contributed by atoms with Crippen LogP contribution >= 0.6 is 0 Å².